The Morgan fingerprint density at radius 3 is 2.13 bits per heavy atom. The molecule has 1 aliphatic heterocycles. The molecule has 232 valence electrons. The molecule has 4 aromatic rings. The second kappa shape index (κ2) is 12.9. The topological polar surface area (TPSA) is 89.8 Å². The van der Waals surface area contributed by atoms with Gasteiger partial charge in [0.05, 0.1) is 16.8 Å². The molecule has 46 heavy (non-hydrogen) atoms. The SMILES string of the molecule is CC1(C)OB(C(=Cc2ccc(C#N)c(OCc3ccccc3)c2)CNC(=O)OCC2c3ccccc3-c3ccccc32)OC1(C)C. The van der Waals surface area contributed by atoms with Crippen LogP contribution in [0.25, 0.3) is 17.2 Å². The predicted molar refractivity (Wildman–Crippen MR) is 179 cm³/mol. The summed E-state index contributed by atoms with van der Waals surface area (Å²) in [5, 5.41) is 12.6. The third-order valence-electron chi connectivity index (χ3n) is 9.05. The van der Waals surface area contributed by atoms with E-state index in [0.29, 0.717) is 23.4 Å². The number of nitrogens with zero attached hydrogens (tertiary/aromatic N) is 1. The maximum Gasteiger partial charge on any atom is 0.492 e. The van der Waals surface area contributed by atoms with E-state index in [2.05, 4.69) is 35.7 Å². The van der Waals surface area contributed by atoms with Crippen LogP contribution in [-0.2, 0) is 20.7 Å². The van der Waals surface area contributed by atoms with E-state index in [-0.39, 0.29) is 19.1 Å². The Balaban J connectivity index is 1.19. The van der Waals surface area contributed by atoms with E-state index >= 15 is 0 Å². The van der Waals surface area contributed by atoms with Gasteiger partial charge in [0, 0.05) is 12.5 Å². The van der Waals surface area contributed by atoms with Gasteiger partial charge >= 0.3 is 13.2 Å². The van der Waals surface area contributed by atoms with Crippen molar-refractivity contribution >= 4 is 19.3 Å². The zero-order chi connectivity index (χ0) is 32.3. The molecule has 0 bridgehead atoms. The van der Waals surface area contributed by atoms with Crippen LogP contribution in [0.1, 0.15) is 61.4 Å². The van der Waals surface area contributed by atoms with E-state index in [1.165, 1.54) is 11.1 Å². The van der Waals surface area contributed by atoms with Crippen LogP contribution in [0.2, 0.25) is 0 Å². The van der Waals surface area contributed by atoms with E-state index in [1.54, 1.807) is 6.07 Å². The number of carbonyl (C=O) groups is 1. The number of alkyl carbamates (subject to hydrolysis) is 1. The number of nitriles is 1. The highest BCUT2D eigenvalue weighted by atomic mass is 16.7. The van der Waals surface area contributed by atoms with Crippen LogP contribution in [0.3, 0.4) is 0 Å². The second-order valence-electron chi connectivity index (χ2n) is 12.6. The molecule has 0 atom stereocenters. The summed E-state index contributed by atoms with van der Waals surface area (Å²) in [5.41, 5.74) is 6.41. The molecule has 1 N–H and O–H groups in total. The first-order chi connectivity index (χ1) is 22.1. The van der Waals surface area contributed by atoms with Crippen molar-refractivity contribution in [3.8, 4) is 22.9 Å². The molecule has 1 fully saturated rings. The van der Waals surface area contributed by atoms with Gasteiger partial charge in [0.1, 0.15) is 25.0 Å². The fourth-order valence-electron chi connectivity index (χ4n) is 5.81. The largest absolute Gasteiger partial charge is 0.492 e. The van der Waals surface area contributed by atoms with Crippen molar-refractivity contribution in [3.63, 3.8) is 0 Å². The number of nitrogens with one attached hydrogen (secondary N) is 1. The third-order valence-corrected chi connectivity index (χ3v) is 9.05. The number of benzene rings is 4. The molecule has 0 radical (unpaired) electrons. The molecule has 1 aliphatic carbocycles. The van der Waals surface area contributed by atoms with Crippen molar-refractivity contribution in [1.29, 1.82) is 5.26 Å². The number of carbonyl (C=O) groups excluding carboxylic acids is 1. The monoisotopic (exact) mass is 612 g/mol. The lowest BCUT2D eigenvalue weighted by Gasteiger charge is -2.32. The van der Waals surface area contributed by atoms with Crippen LogP contribution >= 0.6 is 0 Å². The van der Waals surface area contributed by atoms with Crippen molar-refractivity contribution in [2.24, 2.45) is 0 Å². The summed E-state index contributed by atoms with van der Waals surface area (Å²) in [6.45, 7) is 8.63. The van der Waals surface area contributed by atoms with Gasteiger partial charge in [0.2, 0.25) is 0 Å². The minimum atomic E-state index is -0.705. The van der Waals surface area contributed by atoms with Crippen molar-refractivity contribution in [2.75, 3.05) is 13.2 Å². The van der Waals surface area contributed by atoms with Crippen LogP contribution in [-0.4, -0.2) is 37.6 Å². The molecule has 1 heterocycles. The number of amides is 1. The molecule has 7 nitrogen and oxygen atoms in total. The Bertz CT molecular complexity index is 1750. The van der Waals surface area contributed by atoms with Crippen LogP contribution in [0.15, 0.2) is 103 Å². The quantitative estimate of drug-likeness (QED) is 0.195. The molecule has 4 aromatic carbocycles. The van der Waals surface area contributed by atoms with Gasteiger partial charge in [0.25, 0.3) is 0 Å². The van der Waals surface area contributed by atoms with E-state index in [0.717, 1.165) is 22.3 Å². The maximum atomic E-state index is 13.1. The van der Waals surface area contributed by atoms with Gasteiger partial charge in [-0.25, -0.2) is 4.79 Å². The van der Waals surface area contributed by atoms with Gasteiger partial charge in [-0.1, -0.05) is 91.0 Å². The Hall–Kier alpha value is -4.84. The summed E-state index contributed by atoms with van der Waals surface area (Å²) in [6, 6.07) is 33.9. The Kier molecular flexibility index (Phi) is 8.72. The normalized spacial score (nSPS) is 16.3. The second-order valence-corrected chi connectivity index (χ2v) is 12.6. The predicted octanol–water partition coefficient (Wildman–Crippen LogP) is 7.69. The van der Waals surface area contributed by atoms with Gasteiger partial charge in [-0.3, -0.25) is 0 Å². The summed E-state index contributed by atoms with van der Waals surface area (Å²) >= 11 is 0. The van der Waals surface area contributed by atoms with E-state index < -0.39 is 24.4 Å². The Morgan fingerprint density at radius 2 is 1.50 bits per heavy atom. The average molecular weight is 613 g/mol. The minimum absolute atomic E-state index is 0.0378. The van der Waals surface area contributed by atoms with Gasteiger partial charge in [-0.05, 0) is 78.7 Å². The third kappa shape index (κ3) is 6.43. The van der Waals surface area contributed by atoms with E-state index in [9.17, 15) is 10.1 Å². The molecule has 2 aliphatic rings. The number of hydrogen-bond donors (Lipinski definition) is 1. The summed E-state index contributed by atoms with van der Waals surface area (Å²) in [6.07, 6.45) is 1.37. The van der Waals surface area contributed by atoms with E-state index in [1.807, 2.05) is 101 Å². The summed E-state index contributed by atoms with van der Waals surface area (Å²) in [7, 11) is -0.705. The lowest BCUT2D eigenvalue weighted by molar-refractivity contribution is 0.00578. The molecule has 8 heteroatoms. The molecule has 1 amide bonds. The molecule has 0 spiro atoms. The lowest BCUT2D eigenvalue weighted by Crippen LogP contribution is -2.41. The number of fused-ring (bicyclic) bond motifs is 3. The molecular formula is C38H37BN2O5. The number of rotatable bonds is 9. The molecule has 6 rings (SSSR count). The smallest absolute Gasteiger partial charge is 0.488 e. The summed E-state index contributed by atoms with van der Waals surface area (Å²) < 4.78 is 24.6. The van der Waals surface area contributed by atoms with Crippen LogP contribution in [0.5, 0.6) is 5.75 Å². The van der Waals surface area contributed by atoms with E-state index in [4.69, 9.17) is 18.8 Å². The van der Waals surface area contributed by atoms with Crippen molar-refractivity contribution in [2.45, 2.75) is 51.4 Å². The molecule has 0 saturated carbocycles. The standard InChI is InChI=1S/C38H37BN2O5/c1-37(2)38(3,4)46-39(45-37)29(20-27-18-19-28(22-40)35(21-27)43-24-26-12-6-5-7-13-26)23-41-36(42)44-25-34-32-16-10-8-14-30(32)31-15-9-11-17-33(31)34/h5-21,34H,23-25H2,1-4H3,(H,41,42). The van der Waals surface area contributed by atoms with Crippen LogP contribution < -0.4 is 10.1 Å². The average Bonchev–Trinajstić information content (AvgIpc) is 3.49. The molecule has 1 saturated heterocycles. The zero-order valence-corrected chi connectivity index (χ0v) is 26.6. The first kappa shape index (κ1) is 31.2. The number of hydrogen-bond acceptors (Lipinski definition) is 6. The minimum Gasteiger partial charge on any atom is -0.488 e. The molecule has 0 aromatic heterocycles. The van der Waals surface area contributed by atoms with Gasteiger partial charge in [-0.15, -0.1) is 0 Å². The highest BCUT2D eigenvalue weighted by Crippen LogP contribution is 2.44. The fraction of sp³-hybridized carbons (Fsp3) is 0.263. The van der Waals surface area contributed by atoms with Gasteiger partial charge < -0.3 is 24.1 Å². The Morgan fingerprint density at radius 1 is 0.891 bits per heavy atom. The van der Waals surface area contributed by atoms with Crippen molar-refractivity contribution in [3.05, 3.63) is 130 Å². The zero-order valence-electron chi connectivity index (χ0n) is 26.6. The summed E-state index contributed by atoms with van der Waals surface area (Å²) in [5.74, 6) is 0.432. The number of ether oxygens (including phenoxy) is 2. The van der Waals surface area contributed by atoms with Crippen molar-refractivity contribution < 1.29 is 23.6 Å². The molecular weight excluding hydrogens is 575 g/mol. The first-order valence-corrected chi connectivity index (χ1v) is 15.5. The van der Waals surface area contributed by atoms with Gasteiger partial charge in [0.15, 0.2) is 0 Å². The first-order valence-electron chi connectivity index (χ1n) is 15.5. The maximum absolute atomic E-state index is 13.1. The summed E-state index contributed by atoms with van der Waals surface area (Å²) in [4.78, 5) is 13.1. The lowest BCUT2D eigenvalue weighted by atomic mass is 9.77. The van der Waals surface area contributed by atoms with Crippen LogP contribution in [0, 0.1) is 11.3 Å². The van der Waals surface area contributed by atoms with Crippen LogP contribution in [0.4, 0.5) is 4.79 Å². The van der Waals surface area contributed by atoms with Crippen molar-refractivity contribution in [1.82, 2.24) is 5.32 Å². The highest BCUT2D eigenvalue weighted by Gasteiger charge is 2.52. The van der Waals surface area contributed by atoms with Gasteiger partial charge in [-0.2, -0.15) is 5.26 Å². The molecule has 0 unspecified atom stereocenters. The highest BCUT2D eigenvalue weighted by molar-refractivity contribution is 6.56. The Labute approximate surface area is 270 Å². The fourth-order valence-corrected chi connectivity index (χ4v) is 5.81.